The summed E-state index contributed by atoms with van der Waals surface area (Å²) in [4.78, 5) is 33.5. The van der Waals surface area contributed by atoms with Crippen molar-refractivity contribution in [1.29, 1.82) is 0 Å². The lowest BCUT2D eigenvalue weighted by atomic mass is 9.92. The van der Waals surface area contributed by atoms with Crippen LogP contribution in [0.2, 0.25) is 0 Å². The fourth-order valence-corrected chi connectivity index (χ4v) is 4.80. The molecule has 160 valence electrons. The first-order chi connectivity index (χ1) is 15.5. The molecule has 2 unspecified atom stereocenters. The van der Waals surface area contributed by atoms with Crippen LogP contribution in [0.15, 0.2) is 78.9 Å². The molecule has 32 heavy (non-hydrogen) atoms. The highest BCUT2D eigenvalue weighted by Gasteiger charge is 2.44. The molecular weight excluding hydrogens is 398 g/mol. The highest BCUT2D eigenvalue weighted by molar-refractivity contribution is 6.04. The summed E-state index contributed by atoms with van der Waals surface area (Å²) >= 11 is 0. The van der Waals surface area contributed by atoms with Crippen molar-refractivity contribution < 1.29 is 9.59 Å². The summed E-state index contributed by atoms with van der Waals surface area (Å²) in [5, 5.41) is 1.05. The van der Waals surface area contributed by atoms with Crippen molar-refractivity contribution in [3.8, 4) is 11.3 Å². The molecule has 0 saturated heterocycles. The average molecular weight is 424 g/mol. The molecular formula is C27H25N3O2. The largest absolute Gasteiger partial charge is 0.354 e. The van der Waals surface area contributed by atoms with Crippen LogP contribution in [0, 0.1) is 0 Å². The van der Waals surface area contributed by atoms with Crippen molar-refractivity contribution in [3.05, 3.63) is 95.6 Å². The molecule has 2 heterocycles. The zero-order valence-electron chi connectivity index (χ0n) is 18.4. The number of para-hydroxylation sites is 1. The van der Waals surface area contributed by atoms with Crippen LogP contribution in [-0.2, 0) is 4.79 Å². The van der Waals surface area contributed by atoms with E-state index in [2.05, 4.69) is 23.2 Å². The van der Waals surface area contributed by atoms with Crippen molar-refractivity contribution in [2.24, 2.45) is 0 Å². The van der Waals surface area contributed by atoms with Crippen LogP contribution < -0.4 is 0 Å². The van der Waals surface area contributed by atoms with Gasteiger partial charge < -0.3 is 14.8 Å². The number of aromatic nitrogens is 1. The quantitative estimate of drug-likeness (QED) is 0.510. The molecule has 1 aliphatic rings. The normalized spacial score (nSPS) is 16.3. The molecule has 5 heteroatoms. The fourth-order valence-electron chi connectivity index (χ4n) is 4.80. The van der Waals surface area contributed by atoms with Crippen molar-refractivity contribution >= 4 is 22.7 Å². The molecule has 1 N–H and O–H groups in total. The molecule has 0 radical (unpaired) electrons. The molecule has 1 aliphatic heterocycles. The van der Waals surface area contributed by atoms with Gasteiger partial charge in [0.15, 0.2) is 0 Å². The van der Waals surface area contributed by atoms with Gasteiger partial charge in [-0.3, -0.25) is 9.59 Å². The second kappa shape index (κ2) is 7.68. The van der Waals surface area contributed by atoms with Crippen molar-refractivity contribution in [2.75, 3.05) is 14.1 Å². The number of hydrogen-bond acceptors (Lipinski definition) is 2. The van der Waals surface area contributed by atoms with Crippen LogP contribution in [0.1, 0.15) is 34.5 Å². The van der Waals surface area contributed by atoms with Crippen molar-refractivity contribution in [1.82, 2.24) is 14.8 Å². The minimum Gasteiger partial charge on any atom is -0.354 e. The van der Waals surface area contributed by atoms with Crippen LogP contribution in [0.3, 0.4) is 0 Å². The number of hydrogen-bond donors (Lipinski definition) is 1. The Morgan fingerprint density at radius 3 is 2.34 bits per heavy atom. The van der Waals surface area contributed by atoms with E-state index in [4.69, 9.17) is 0 Å². The number of nitrogens with one attached hydrogen (secondary N) is 1. The Bertz CT molecular complexity index is 1320. The van der Waals surface area contributed by atoms with Gasteiger partial charge in [0.1, 0.15) is 6.04 Å². The lowest BCUT2D eigenvalue weighted by molar-refractivity contribution is -0.133. The number of rotatable bonds is 4. The summed E-state index contributed by atoms with van der Waals surface area (Å²) in [6.45, 7) is 1.82. The van der Waals surface area contributed by atoms with Gasteiger partial charge in [-0.05, 0) is 30.2 Å². The van der Waals surface area contributed by atoms with Gasteiger partial charge in [-0.1, -0.05) is 66.7 Å². The number of fused-ring (bicyclic) bond motifs is 2. The van der Waals surface area contributed by atoms with Gasteiger partial charge in [0, 0.05) is 36.1 Å². The summed E-state index contributed by atoms with van der Waals surface area (Å²) in [6.07, 6.45) is 0. The van der Waals surface area contributed by atoms with Crippen LogP contribution >= 0.6 is 0 Å². The highest BCUT2D eigenvalue weighted by Crippen LogP contribution is 2.46. The first kappa shape index (κ1) is 20.1. The summed E-state index contributed by atoms with van der Waals surface area (Å²) in [5.41, 5.74) is 5.61. The predicted molar refractivity (Wildman–Crippen MR) is 126 cm³/mol. The maximum Gasteiger partial charge on any atom is 0.255 e. The number of nitrogens with zero attached hydrogens (tertiary/aromatic N) is 2. The van der Waals surface area contributed by atoms with E-state index in [0.717, 1.165) is 33.3 Å². The molecule has 0 aliphatic carbocycles. The molecule has 5 nitrogen and oxygen atoms in total. The molecule has 3 aromatic carbocycles. The minimum atomic E-state index is -0.604. The van der Waals surface area contributed by atoms with E-state index in [0.29, 0.717) is 5.56 Å². The first-order valence-corrected chi connectivity index (χ1v) is 10.8. The summed E-state index contributed by atoms with van der Waals surface area (Å²) in [6, 6.07) is 25.0. The molecule has 0 fully saturated rings. The summed E-state index contributed by atoms with van der Waals surface area (Å²) in [7, 11) is 3.45. The van der Waals surface area contributed by atoms with Crippen LogP contribution in [0.25, 0.3) is 22.2 Å². The topological polar surface area (TPSA) is 56.4 Å². The summed E-state index contributed by atoms with van der Waals surface area (Å²) < 4.78 is 0. The van der Waals surface area contributed by atoms with Gasteiger partial charge in [-0.15, -0.1) is 0 Å². The molecule has 0 saturated carbocycles. The second-order valence-electron chi connectivity index (χ2n) is 8.44. The Kier molecular flexibility index (Phi) is 4.82. The number of carbonyl (C=O) groups is 2. The third-order valence-corrected chi connectivity index (χ3v) is 6.30. The number of likely N-dealkylation sites (N-methyl/N-ethyl adjacent to an activating group) is 1. The Balaban J connectivity index is 1.80. The highest BCUT2D eigenvalue weighted by atomic mass is 16.2. The molecule has 0 bridgehead atoms. The van der Waals surface area contributed by atoms with Gasteiger partial charge in [-0.25, -0.2) is 0 Å². The minimum absolute atomic E-state index is 0.0998. The average Bonchev–Trinajstić information content (AvgIpc) is 3.34. The maximum atomic E-state index is 13.6. The Morgan fingerprint density at radius 1 is 0.938 bits per heavy atom. The molecule has 4 aromatic rings. The number of carbonyl (C=O) groups excluding carboxylic acids is 2. The number of amides is 2. The van der Waals surface area contributed by atoms with Crippen molar-refractivity contribution in [3.63, 3.8) is 0 Å². The van der Waals surface area contributed by atoms with Gasteiger partial charge in [0.25, 0.3) is 5.91 Å². The second-order valence-corrected chi connectivity index (χ2v) is 8.44. The molecule has 2 atom stereocenters. The van der Waals surface area contributed by atoms with E-state index in [1.807, 2.05) is 67.6 Å². The predicted octanol–water partition coefficient (Wildman–Crippen LogP) is 4.86. The van der Waals surface area contributed by atoms with E-state index in [9.17, 15) is 9.59 Å². The van der Waals surface area contributed by atoms with Gasteiger partial charge in [0.05, 0.1) is 11.7 Å². The van der Waals surface area contributed by atoms with Crippen LogP contribution in [-0.4, -0.2) is 46.7 Å². The number of aromatic amines is 1. The van der Waals surface area contributed by atoms with Gasteiger partial charge in [-0.2, -0.15) is 0 Å². The molecule has 1 aromatic heterocycles. The SMILES string of the molecule is CC(C(=O)N(C)C)N1C(=O)c2ccccc2C1c1c(-c2ccccc2)[nH]c2ccccc12. The molecule has 5 rings (SSSR count). The number of H-pyrrole nitrogens is 1. The lowest BCUT2D eigenvalue weighted by Crippen LogP contribution is -2.46. The number of benzene rings is 3. The van der Waals surface area contributed by atoms with Crippen molar-refractivity contribution in [2.45, 2.75) is 19.0 Å². The van der Waals surface area contributed by atoms with E-state index >= 15 is 0 Å². The monoisotopic (exact) mass is 423 g/mol. The van der Waals surface area contributed by atoms with Gasteiger partial charge in [0.2, 0.25) is 5.91 Å². The van der Waals surface area contributed by atoms with E-state index in [-0.39, 0.29) is 17.9 Å². The third kappa shape index (κ3) is 3.01. The molecule has 0 spiro atoms. The van der Waals surface area contributed by atoms with E-state index in [1.165, 1.54) is 0 Å². The van der Waals surface area contributed by atoms with E-state index in [1.54, 1.807) is 23.9 Å². The fraction of sp³-hybridized carbons (Fsp3) is 0.185. The first-order valence-electron chi connectivity index (χ1n) is 10.8. The van der Waals surface area contributed by atoms with E-state index < -0.39 is 6.04 Å². The van der Waals surface area contributed by atoms with Crippen LogP contribution in [0.5, 0.6) is 0 Å². The summed E-state index contributed by atoms with van der Waals surface area (Å²) in [5.74, 6) is -0.213. The van der Waals surface area contributed by atoms with Crippen LogP contribution in [0.4, 0.5) is 0 Å². The standard InChI is InChI=1S/C27H25N3O2/c1-17(26(31)29(2)3)30-25(19-13-7-8-14-20(19)27(30)32)23-21-15-9-10-16-22(21)28-24(23)18-11-5-4-6-12-18/h4-17,25,28H,1-3H3. The lowest BCUT2D eigenvalue weighted by Gasteiger charge is -2.32. The van der Waals surface area contributed by atoms with Gasteiger partial charge >= 0.3 is 0 Å². The zero-order chi connectivity index (χ0) is 22.4. The molecule has 2 amide bonds. The third-order valence-electron chi connectivity index (χ3n) is 6.30. The Hall–Kier alpha value is -3.86. The Morgan fingerprint density at radius 2 is 1.59 bits per heavy atom. The zero-order valence-corrected chi connectivity index (χ0v) is 18.4. The maximum absolute atomic E-state index is 13.6. The Labute approximate surface area is 187 Å². The smallest absolute Gasteiger partial charge is 0.255 e.